The molecule has 7 heteroatoms. The molecule has 3 heterocycles. The molecule has 0 spiro atoms. The van der Waals surface area contributed by atoms with Crippen LogP contribution >= 0.6 is 0 Å². The van der Waals surface area contributed by atoms with Gasteiger partial charge in [0.25, 0.3) is 5.91 Å². The average molecular weight is 273 g/mol. The molecule has 0 atom stereocenters. The van der Waals surface area contributed by atoms with E-state index in [1.807, 2.05) is 4.68 Å². The highest BCUT2D eigenvalue weighted by molar-refractivity contribution is 6.04. The first-order valence-corrected chi connectivity index (χ1v) is 6.39. The molecule has 0 bridgehead atoms. The lowest BCUT2D eigenvalue weighted by Gasteiger charge is -2.17. The minimum atomic E-state index is -0.285. The van der Waals surface area contributed by atoms with Gasteiger partial charge in [0.1, 0.15) is 22.9 Å². The second kappa shape index (κ2) is 5.20. The standard InChI is InChI=1S/C13H15N5O2/c1-20-9-3-5-14-10(7-9)13(19)17-11-8-16-18-6-2-4-15-12(11)18/h3,5,7-8,15H,2,4,6H2,1H3,(H,17,19). The maximum atomic E-state index is 12.2. The Morgan fingerprint density at radius 2 is 2.45 bits per heavy atom. The highest BCUT2D eigenvalue weighted by Crippen LogP contribution is 2.24. The minimum Gasteiger partial charge on any atom is -0.497 e. The van der Waals surface area contributed by atoms with E-state index in [1.54, 1.807) is 31.6 Å². The van der Waals surface area contributed by atoms with Crippen LogP contribution in [0.25, 0.3) is 0 Å². The van der Waals surface area contributed by atoms with Crippen molar-refractivity contribution in [2.24, 2.45) is 0 Å². The lowest BCUT2D eigenvalue weighted by Crippen LogP contribution is -2.20. The minimum absolute atomic E-state index is 0.285. The van der Waals surface area contributed by atoms with Gasteiger partial charge >= 0.3 is 0 Å². The summed E-state index contributed by atoms with van der Waals surface area (Å²) in [6, 6.07) is 3.29. The number of hydrogen-bond acceptors (Lipinski definition) is 5. The molecular formula is C13H15N5O2. The fraction of sp³-hybridized carbons (Fsp3) is 0.308. The zero-order valence-corrected chi connectivity index (χ0v) is 11.1. The van der Waals surface area contributed by atoms with Gasteiger partial charge in [-0.05, 0) is 12.5 Å². The molecule has 0 saturated heterocycles. The number of nitrogens with zero attached hydrogens (tertiary/aromatic N) is 3. The fourth-order valence-corrected chi connectivity index (χ4v) is 2.12. The highest BCUT2D eigenvalue weighted by atomic mass is 16.5. The Morgan fingerprint density at radius 1 is 1.55 bits per heavy atom. The summed E-state index contributed by atoms with van der Waals surface area (Å²) in [7, 11) is 1.55. The number of amides is 1. The Bertz CT molecular complexity index is 637. The first-order valence-electron chi connectivity index (χ1n) is 6.39. The van der Waals surface area contributed by atoms with E-state index in [4.69, 9.17) is 4.74 Å². The van der Waals surface area contributed by atoms with Crippen LogP contribution in [-0.2, 0) is 6.54 Å². The summed E-state index contributed by atoms with van der Waals surface area (Å²) in [5.74, 6) is 1.15. The summed E-state index contributed by atoms with van der Waals surface area (Å²) in [5, 5.41) is 10.3. The third kappa shape index (κ3) is 2.29. The van der Waals surface area contributed by atoms with E-state index < -0.39 is 0 Å². The first kappa shape index (κ1) is 12.5. The van der Waals surface area contributed by atoms with Crippen LogP contribution in [0, 0.1) is 0 Å². The average Bonchev–Trinajstić information content (AvgIpc) is 2.90. The van der Waals surface area contributed by atoms with E-state index in [1.165, 1.54) is 0 Å². The lowest BCUT2D eigenvalue weighted by atomic mass is 10.3. The van der Waals surface area contributed by atoms with Gasteiger partial charge in [0.2, 0.25) is 0 Å². The Kier molecular flexibility index (Phi) is 3.24. The van der Waals surface area contributed by atoms with Crippen LogP contribution in [0.2, 0.25) is 0 Å². The highest BCUT2D eigenvalue weighted by Gasteiger charge is 2.17. The second-order valence-corrected chi connectivity index (χ2v) is 4.45. The predicted molar refractivity (Wildman–Crippen MR) is 74.1 cm³/mol. The molecule has 1 aliphatic heterocycles. The van der Waals surface area contributed by atoms with Crippen molar-refractivity contribution in [3.05, 3.63) is 30.2 Å². The van der Waals surface area contributed by atoms with Gasteiger partial charge in [-0.2, -0.15) is 5.10 Å². The van der Waals surface area contributed by atoms with Crippen molar-refractivity contribution in [1.82, 2.24) is 14.8 Å². The van der Waals surface area contributed by atoms with Gasteiger partial charge in [-0.25, -0.2) is 4.68 Å². The van der Waals surface area contributed by atoms with Gasteiger partial charge < -0.3 is 15.4 Å². The van der Waals surface area contributed by atoms with Crippen molar-refractivity contribution < 1.29 is 9.53 Å². The molecule has 2 aromatic heterocycles. The number of fused-ring (bicyclic) bond motifs is 1. The zero-order valence-electron chi connectivity index (χ0n) is 11.1. The van der Waals surface area contributed by atoms with E-state index in [-0.39, 0.29) is 5.91 Å². The molecule has 0 aliphatic carbocycles. The van der Waals surface area contributed by atoms with E-state index in [0.29, 0.717) is 17.1 Å². The van der Waals surface area contributed by atoms with Crippen LogP contribution in [0.15, 0.2) is 24.5 Å². The van der Waals surface area contributed by atoms with E-state index in [9.17, 15) is 4.79 Å². The Labute approximate surface area is 116 Å². The topological polar surface area (TPSA) is 81.1 Å². The smallest absolute Gasteiger partial charge is 0.274 e. The molecule has 7 nitrogen and oxygen atoms in total. The van der Waals surface area contributed by atoms with Gasteiger partial charge in [-0.15, -0.1) is 0 Å². The van der Waals surface area contributed by atoms with Gasteiger partial charge in [0.15, 0.2) is 0 Å². The monoisotopic (exact) mass is 273 g/mol. The number of hydrogen-bond donors (Lipinski definition) is 2. The number of aryl methyl sites for hydroxylation is 1. The van der Waals surface area contributed by atoms with Crippen molar-refractivity contribution in [3.63, 3.8) is 0 Å². The molecule has 2 N–H and O–H groups in total. The molecule has 2 aromatic rings. The number of methoxy groups -OCH3 is 1. The van der Waals surface area contributed by atoms with Crippen LogP contribution < -0.4 is 15.4 Å². The number of nitrogens with one attached hydrogen (secondary N) is 2. The number of pyridine rings is 1. The van der Waals surface area contributed by atoms with Gasteiger partial charge in [0.05, 0.1) is 13.3 Å². The molecule has 20 heavy (non-hydrogen) atoms. The zero-order chi connectivity index (χ0) is 13.9. The van der Waals surface area contributed by atoms with E-state index in [0.717, 1.165) is 25.3 Å². The number of rotatable bonds is 3. The summed E-state index contributed by atoms with van der Waals surface area (Å²) in [6.07, 6.45) is 4.21. The van der Waals surface area contributed by atoms with Crippen molar-refractivity contribution in [2.75, 3.05) is 24.3 Å². The van der Waals surface area contributed by atoms with Gasteiger partial charge in [-0.1, -0.05) is 0 Å². The Balaban J connectivity index is 1.80. The lowest BCUT2D eigenvalue weighted by molar-refractivity contribution is 0.102. The fourth-order valence-electron chi connectivity index (χ4n) is 2.12. The molecule has 1 aliphatic rings. The van der Waals surface area contributed by atoms with Crippen molar-refractivity contribution in [2.45, 2.75) is 13.0 Å². The normalized spacial score (nSPS) is 13.2. The molecule has 0 saturated carbocycles. The third-order valence-corrected chi connectivity index (χ3v) is 3.13. The SMILES string of the molecule is COc1ccnc(C(=O)Nc2cnn3c2NCCC3)c1. The van der Waals surface area contributed by atoms with Crippen LogP contribution in [-0.4, -0.2) is 34.3 Å². The molecule has 104 valence electrons. The largest absolute Gasteiger partial charge is 0.497 e. The van der Waals surface area contributed by atoms with Gasteiger partial charge in [0, 0.05) is 25.4 Å². The number of aromatic nitrogens is 3. The molecule has 3 rings (SSSR count). The van der Waals surface area contributed by atoms with Crippen LogP contribution in [0.4, 0.5) is 11.5 Å². The first-order chi connectivity index (χ1) is 9.78. The number of carbonyl (C=O) groups is 1. The predicted octanol–water partition coefficient (Wildman–Crippen LogP) is 1.35. The van der Waals surface area contributed by atoms with E-state index >= 15 is 0 Å². The van der Waals surface area contributed by atoms with Crippen LogP contribution in [0.5, 0.6) is 5.75 Å². The molecule has 0 unspecified atom stereocenters. The van der Waals surface area contributed by atoms with E-state index in [2.05, 4.69) is 20.7 Å². The molecule has 0 aromatic carbocycles. The summed E-state index contributed by atoms with van der Waals surface area (Å²) >= 11 is 0. The van der Waals surface area contributed by atoms with Crippen molar-refractivity contribution >= 4 is 17.4 Å². The quantitative estimate of drug-likeness (QED) is 0.882. The summed E-state index contributed by atoms with van der Waals surface area (Å²) < 4.78 is 6.93. The third-order valence-electron chi connectivity index (χ3n) is 3.13. The summed E-state index contributed by atoms with van der Waals surface area (Å²) in [6.45, 7) is 1.74. The van der Waals surface area contributed by atoms with Crippen molar-refractivity contribution in [1.29, 1.82) is 0 Å². The number of carbonyl (C=O) groups excluding carboxylic acids is 1. The number of ether oxygens (including phenoxy) is 1. The van der Waals surface area contributed by atoms with Crippen LogP contribution in [0.1, 0.15) is 16.9 Å². The summed E-state index contributed by atoms with van der Waals surface area (Å²) in [5.41, 5.74) is 0.972. The second-order valence-electron chi connectivity index (χ2n) is 4.45. The number of anilines is 2. The molecule has 0 fully saturated rings. The molecule has 1 amide bonds. The van der Waals surface area contributed by atoms with Crippen molar-refractivity contribution in [3.8, 4) is 5.75 Å². The Morgan fingerprint density at radius 3 is 3.30 bits per heavy atom. The molecule has 0 radical (unpaired) electrons. The van der Waals surface area contributed by atoms with Gasteiger partial charge in [-0.3, -0.25) is 9.78 Å². The maximum Gasteiger partial charge on any atom is 0.274 e. The summed E-state index contributed by atoms with van der Waals surface area (Å²) in [4.78, 5) is 16.2. The maximum absolute atomic E-state index is 12.2. The molecular weight excluding hydrogens is 258 g/mol. The van der Waals surface area contributed by atoms with Crippen LogP contribution in [0.3, 0.4) is 0 Å². The Hall–Kier alpha value is -2.57.